The molecule has 0 aliphatic rings. The van der Waals surface area contributed by atoms with E-state index in [0.29, 0.717) is 5.76 Å². The Kier molecular flexibility index (Phi) is 2.09. The zero-order valence-corrected chi connectivity index (χ0v) is 5.87. The summed E-state index contributed by atoms with van der Waals surface area (Å²) in [6.07, 6.45) is 0.888. The molecule has 3 nitrogen and oxygen atoms in total. The van der Waals surface area contributed by atoms with Crippen LogP contribution < -0.4 is 5.73 Å². The van der Waals surface area contributed by atoms with Crippen molar-refractivity contribution in [3.8, 4) is 0 Å². The molecule has 0 saturated heterocycles. The van der Waals surface area contributed by atoms with Gasteiger partial charge in [0.15, 0.2) is 0 Å². The Morgan fingerprint density at radius 2 is 2.50 bits per heavy atom. The zero-order chi connectivity index (χ0) is 7.56. The van der Waals surface area contributed by atoms with Crippen molar-refractivity contribution in [3.63, 3.8) is 0 Å². The second kappa shape index (κ2) is 2.86. The molecule has 0 aliphatic carbocycles. The summed E-state index contributed by atoms with van der Waals surface area (Å²) in [6, 6.07) is 1.80. The second-order valence-electron chi connectivity index (χ2n) is 2.22. The lowest BCUT2D eigenvalue weighted by Gasteiger charge is -2.03. The van der Waals surface area contributed by atoms with Crippen molar-refractivity contribution >= 4 is 0 Å². The van der Waals surface area contributed by atoms with E-state index < -0.39 is 6.10 Å². The number of aliphatic hydroxyl groups excluding tert-OH is 1. The minimum Gasteiger partial charge on any atom is -0.466 e. The predicted molar refractivity (Wildman–Crippen MR) is 37.5 cm³/mol. The van der Waals surface area contributed by atoms with Crippen molar-refractivity contribution in [1.29, 1.82) is 0 Å². The van der Waals surface area contributed by atoms with Gasteiger partial charge in [-0.05, 0) is 18.6 Å². The van der Waals surface area contributed by atoms with Crippen molar-refractivity contribution in [3.05, 3.63) is 23.7 Å². The Morgan fingerprint density at radius 3 is 2.90 bits per heavy atom. The van der Waals surface area contributed by atoms with Crippen molar-refractivity contribution < 1.29 is 9.52 Å². The maximum Gasteiger partial charge on any atom is 0.136 e. The summed E-state index contributed by atoms with van der Waals surface area (Å²) in [6.45, 7) is 2.08. The normalized spacial score (nSPS) is 13.5. The highest BCUT2D eigenvalue weighted by Gasteiger charge is 2.10. The third kappa shape index (κ3) is 1.20. The van der Waals surface area contributed by atoms with Crippen LogP contribution in [0.25, 0.3) is 0 Å². The molecule has 0 fully saturated rings. The largest absolute Gasteiger partial charge is 0.466 e. The number of hydrogen-bond donors (Lipinski definition) is 2. The van der Waals surface area contributed by atoms with Crippen LogP contribution in [-0.4, -0.2) is 11.7 Å². The molecular formula is C7H11NO2. The van der Waals surface area contributed by atoms with Crippen LogP contribution in [0.4, 0.5) is 0 Å². The van der Waals surface area contributed by atoms with Crippen LogP contribution in [0.5, 0.6) is 0 Å². The molecule has 1 aromatic rings. The van der Waals surface area contributed by atoms with Gasteiger partial charge in [-0.25, -0.2) is 0 Å². The number of hydrogen-bond acceptors (Lipinski definition) is 3. The molecule has 3 N–H and O–H groups in total. The number of aliphatic hydroxyl groups is 1. The highest BCUT2D eigenvalue weighted by atomic mass is 16.4. The van der Waals surface area contributed by atoms with Gasteiger partial charge in [0.05, 0.1) is 6.26 Å². The molecule has 0 radical (unpaired) electrons. The predicted octanol–water partition coefficient (Wildman–Crippen LogP) is 0.580. The molecule has 0 bridgehead atoms. The number of furan rings is 1. The molecule has 0 unspecified atom stereocenters. The third-order valence-corrected chi connectivity index (χ3v) is 1.43. The average Bonchev–Trinajstić information content (AvgIpc) is 2.34. The first kappa shape index (κ1) is 7.31. The van der Waals surface area contributed by atoms with E-state index in [2.05, 4.69) is 0 Å². The van der Waals surface area contributed by atoms with E-state index in [1.807, 2.05) is 6.92 Å². The molecule has 0 saturated carbocycles. The Bertz CT molecular complexity index is 207. The summed E-state index contributed by atoms with van der Waals surface area (Å²) in [5, 5.41) is 9.18. The van der Waals surface area contributed by atoms with E-state index in [4.69, 9.17) is 10.2 Å². The van der Waals surface area contributed by atoms with E-state index in [-0.39, 0.29) is 6.54 Å². The van der Waals surface area contributed by atoms with Crippen LogP contribution in [-0.2, 0) is 0 Å². The molecule has 0 spiro atoms. The third-order valence-electron chi connectivity index (χ3n) is 1.43. The standard InChI is InChI=1S/C7H11NO2/c1-5-2-3-10-7(5)6(9)4-8/h2-3,6,9H,4,8H2,1H3/t6-/m1/s1. The van der Waals surface area contributed by atoms with Gasteiger partial charge >= 0.3 is 0 Å². The molecule has 1 heterocycles. The first-order valence-corrected chi connectivity index (χ1v) is 3.18. The second-order valence-corrected chi connectivity index (χ2v) is 2.22. The fourth-order valence-electron chi connectivity index (χ4n) is 0.833. The molecule has 0 aromatic carbocycles. The van der Waals surface area contributed by atoms with E-state index in [0.717, 1.165) is 5.56 Å². The van der Waals surface area contributed by atoms with Gasteiger partial charge in [0.2, 0.25) is 0 Å². The average molecular weight is 141 g/mol. The van der Waals surface area contributed by atoms with E-state index >= 15 is 0 Å². The monoisotopic (exact) mass is 141 g/mol. The lowest BCUT2D eigenvalue weighted by Crippen LogP contribution is -2.11. The fourth-order valence-corrected chi connectivity index (χ4v) is 0.833. The Balaban J connectivity index is 2.82. The van der Waals surface area contributed by atoms with E-state index in [1.165, 1.54) is 0 Å². The van der Waals surface area contributed by atoms with Crippen molar-refractivity contribution in [2.24, 2.45) is 5.73 Å². The quantitative estimate of drug-likeness (QED) is 0.633. The first-order chi connectivity index (χ1) is 4.75. The smallest absolute Gasteiger partial charge is 0.136 e. The van der Waals surface area contributed by atoms with Crippen LogP contribution in [0.1, 0.15) is 17.4 Å². The molecule has 0 aliphatic heterocycles. The van der Waals surface area contributed by atoms with Gasteiger partial charge in [-0.2, -0.15) is 0 Å². The van der Waals surface area contributed by atoms with Crippen molar-refractivity contribution in [2.75, 3.05) is 6.54 Å². The lowest BCUT2D eigenvalue weighted by molar-refractivity contribution is 0.157. The van der Waals surface area contributed by atoms with Crippen molar-refractivity contribution in [1.82, 2.24) is 0 Å². The van der Waals surface area contributed by atoms with Crippen LogP contribution in [0.15, 0.2) is 16.7 Å². The fraction of sp³-hybridized carbons (Fsp3) is 0.429. The number of rotatable bonds is 2. The minimum absolute atomic E-state index is 0.203. The Morgan fingerprint density at radius 1 is 1.80 bits per heavy atom. The molecule has 56 valence electrons. The minimum atomic E-state index is -0.657. The van der Waals surface area contributed by atoms with Crippen LogP contribution in [0.3, 0.4) is 0 Å². The zero-order valence-electron chi connectivity index (χ0n) is 5.87. The first-order valence-electron chi connectivity index (χ1n) is 3.18. The highest BCUT2D eigenvalue weighted by Crippen LogP contribution is 2.16. The van der Waals surface area contributed by atoms with Gasteiger partial charge < -0.3 is 15.3 Å². The highest BCUT2D eigenvalue weighted by molar-refractivity contribution is 5.16. The molecule has 1 atom stereocenters. The van der Waals surface area contributed by atoms with Gasteiger partial charge in [0.1, 0.15) is 11.9 Å². The molecule has 0 amide bonds. The lowest BCUT2D eigenvalue weighted by atomic mass is 10.2. The van der Waals surface area contributed by atoms with E-state index in [9.17, 15) is 5.11 Å². The van der Waals surface area contributed by atoms with Crippen LogP contribution in [0, 0.1) is 6.92 Å². The topological polar surface area (TPSA) is 59.4 Å². The SMILES string of the molecule is Cc1ccoc1[C@H](O)CN. The summed E-state index contributed by atoms with van der Waals surface area (Å²) in [4.78, 5) is 0. The summed E-state index contributed by atoms with van der Waals surface area (Å²) in [5.74, 6) is 0.572. The van der Waals surface area contributed by atoms with Gasteiger partial charge in [-0.1, -0.05) is 0 Å². The summed E-state index contributed by atoms with van der Waals surface area (Å²) < 4.78 is 4.99. The van der Waals surface area contributed by atoms with E-state index in [1.54, 1.807) is 12.3 Å². The van der Waals surface area contributed by atoms with Gasteiger partial charge in [0.25, 0.3) is 0 Å². The van der Waals surface area contributed by atoms with Crippen LogP contribution >= 0.6 is 0 Å². The van der Waals surface area contributed by atoms with Crippen LogP contribution in [0.2, 0.25) is 0 Å². The molecular weight excluding hydrogens is 130 g/mol. The summed E-state index contributed by atoms with van der Waals surface area (Å²) >= 11 is 0. The Hall–Kier alpha value is -0.800. The number of nitrogens with two attached hydrogens (primary N) is 1. The summed E-state index contributed by atoms with van der Waals surface area (Å²) in [7, 11) is 0. The van der Waals surface area contributed by atoms with Gasteiger partial charge in [-0.3, -0.25) is 0 Å². The summed E-state index contributed by atoms with van der Waals surface area (Å²) in [5.41, 5.74) is 6.16. The molecule has 1 aromatic heterocycles. The van der Waals surface area contributed by atoms with Gasteiger partial charge in [0, 0.05) is 6.54 Å². The maximum atomic E-state index is 9.18. The number of aryl methyl sites for hydroxylation is 1. The maximum absolute atomic E-state index is 9.18. The van der Waals surface area contributed by atoms with Gasteiger partial charge in [-0.15, -0.1) is 0 Å². The Labute approximate surface area is 59.5 Å². The molecule has 1 rings (SSSR count). The molecule has 3 heteroatoms. The molecule has 10 heavy (non-hydrogen) atoms. The van der Waals surface area contributed by atoms with Crippen molar-refractivity contribution in [2.45, 2.75) is 13.0 Å².